The van der Waals surface area contributed by atoms with Gasteiger partial charge in [-0.25, -0.2) is 4.98 Å². The van der Waals surface area contributed by atoms with Crippen LogP contribution in [0.4, 0.5) is 5.82 Å². The largest absolute Gasteiger partial charge is 0.382 e. The maximum Gasteiger partial charge on any atom is 0.252 e. The Morgan fingerprint density at radius 3 is 2.84 bits per heavy atom. The third-order valence-electron chi connectivity index (χ3n) is 2.51. The standard InChI is InChI=1S/C13H23N3O3/c1-10(2)13-15-11(9-12(17)16-13)14-5-4-6-19-8-7-18-3/h9-10H,4-8H2,1-3H3,(H2,14,15,16,17). The van der Waals surface area contributed by atoms with Gasteiger partial charge in [0.2, 0.25) is 0 Å². The molecular formula is C13H23N3O3. The van der Waals surface area contributed by atoms with Crippen molar-refractivity contribution < 1.29 is 9.47 Å². The first kappa shape index (κ1) is 15.7. The van der Waals surface area contributed by atoms with Gasteiger partial charge in [0, 0.05) is 32.2 Å². The number of hydrogen-bond donors (Lipinski definition) is 2. The molecule has 0 aromatic carbocycles. The Labute approximate surface area is 113 Å². The first-order chi connectivity index (χ1) is 9.13. The van der Waals surface area contributed by atoms with Crippen molar-refractivity contribution in [2.45, 2.75) is 26.2 Å². The van der Waals surface area contributed by atoms with Gasteiger partial charge in [0.25, 0.3) is 5.56 Å². The number of nitrogens with one attached hydrogen (secondary N) is 2. The van der Waals surface area contributed by atoms with E-state index in [2.05, 4.69) is 15.3 Å². The van der Waals surface area contributed by atoms with Crippen LogP contribution >= 0.6 is 0 Å². The van der Waals surface area contributed by atoms with Crippen LogP contribution in [0.5, 0.6) is 0 Å². The first-order valence-corrected chi connectivity index (χ1v) is 6.55. The molecule has 0 saturated heterocycles. The van der Waals surface area contributed by atoms with Gasteiger partial charge in [-0.1, -0.05) is 13.8 Å². The summed E-state index contributed by atoms with van der Waals surface area (Å²) < 4.78 is 10.2. The molecule has 0 bridgehead atoms. The highest BCUT2D eigenvalue weighted by Crippen LogP contribution is 2.08. The zero-order chi connectivity index (χ0) is 14.1. The molecule has 6 heteroatoms. The molecular weight excluding hydrogens is 246 g/mol. The van der Waals surface area contributed by atoms with Crippen LogP contribution in [-0.4, -0.2) is 43.4 Å². The minimum absolute atomic E-state index is 0.127. The summed E-state index contributed by atoms with van der Waals surface area (Å²) in [6, 6.07) is 1.47. The zero-order valence-corrected chi connectivity index (χ0v) is 11.9. The predicted octanol–water partition coefficient (Wildman–Crippen LogP) is 1.36. The van der Waals surface area contributed by atoms with Gasteiger partial charge in [0.05, 0.1) is 13.2 Å². The second-order valence-electron chi connectivity index (χ2n) is 4.56. The summed E-state index contributed by atoms with van der Waals surface area (Å²) in [6.45, 7) is 6.59. The molecule has 19 heavy (non-hydrogen) atoms. The lowest BCUT2D eigenvalue weighted by molar-refractivity contribution is 0.0705. The Morgan fingerprint density at radius 2 is 2.16 bits per heavy atom. The van der Waals surface area contributed by atoms with E-state index in [0.717, 1.165) is 13.0 Å². The monoisotopic (exact) mass is 269 g/mol. The highest BCUT2D eigenvalue weighted by molar-refractivity contribution is 5.33. The van der Waals surface area contributed by atoms with E-state index in [0.29, 0.717) is 31.5 Å². The molecule has 0 fully saturated rings. The summed E-state index contributed by atoms with van der Waals surface area (Å²) in [6.07, 6.45) is 0.856. The molecule has 0 saturated carbocycles. The fourth-order valence-electron chi connectivity index (χ4n) is 1.48. The fraction of sp³-hybridized carbons (Fsp3) is 0.692. The Kier molecular flexibility index (Phi) is 7.14. The molecule has 6 nitrogen and oxygen atoms in total. The first-order valence-electron chi connectivity index (χ1n) is 6.55. The van der Waals surface area contributed by atoms with Gasteiger partial charge in [-0.15, -0.1) is 0 Å². The lowest BCUT2D eigenvalue weighted by Gasteiger charge is -2.09. The van der Waals surface area contributed by atoms with Crippen molar-refractivity contribution in [1.29, 1.82) is 0 Å². The molecule has 1 heterocycles. The minimum Gasteiger partial charge on any atom is -0.382 e. The number of H-pyrrole nitrogens is 1. The minimum atomic E-state index is -0.127. The second-order valence-corrected chi connectivity index (χ2v) is 4.56. The van der Waals surface area contributed by atoms with Crippen LogP contribution in [-0.2, 0) is 9.47 Å². The van der Waals surface area contributed by atoms with Crippen molar-refractivity contribution in [2.75, 3.05) is 38.8 Å². The summed E-state index contributed by atoms with van der Waals surface area (Å²) in [5, 5.41) is 3.13. The summed E-state index contributed by atoms with van der Waals surface area (Å²) in [5.74, 6) is 1.52. The number of nitrogens with zero attached hydrogens (tertiary/aromatic N) is 1. The van der Waals surface area contributed by atoms with E-state index in [9.17, 15) is 4.79 Å². The van der Waals surface area contributed by atoms with E-state index in [1.165, 1.54) is 6.07 Å². The molecule has 0 aliphatic carbocycles. The van der Waals surface area contributed by atoms with Gasteiger partial charge in [0.1, 0.15) is 11.6 Å². The Balaban J connectivity index is 2.31. The molecule has 108 valence electrons. The highest BCUT2D eigenvalue weighted by Gasteiger charge is 2.04. The van der Waals surface area contributed by atoms with E-state index < -0.39 is 0 Å². The van der Waals surface area contributed by atoms with Gasteiger partial charge in [-0.05, 0) is 6.42 Å². The number of aromatic nitrogens is 2. The quantitative estimate of drug-likeness (QED) is 0.662. The summed E-state index contributed by atoms with van der Waals surface area (Å²) in [5.41, 5.74) is -0.127. The van der Waals surface area contributed by atoms with Crippen LogP contribution in [0, 0.1) is 0 Å². The predicted molar refractivity (Wildman–Crippen MR) is 74.7 cm³/mol. The average Bonchev–Trinajstić information content (AvgIpc) is 2.37. The van der Waals surface area contributed by atoms with Gasteiger partial charge in [-0.3, -0.25) is 4.79 Å². The molecule has 0 aliphatic heterocycles. The van der Waals surface area contributed by atoms with Gasteiger partial charge >= 0.3 is 0 Å². The van der Waals surface area contributed by atoms with Crippen molar-refractivity contribution in [3.05, 3.63) is 22.2 Å². The van der Waals surface area contributed by atoms with Crippen molar-refractivity contribution >= 4 is 5.82 Å². The number of ether oxygens (including phenoxy) is 2. The lowest BCUT2D eigenvalue weighted by Crippen LogP contribution is -2.15. The van der Waals surface area contributed by atoms with E-state index in [-0.39, 0.29) is 11.5 Å². The van der Waals surface area contributed by atoms with Crippen molar-refractivity contribution in [3.8, 4) is 0 Å². The van der Waals surface area contributed by atoms with Crippen LogP contribution in [0.3, 0.4) is 0 Å². The topological polar surface area (TPSA) is 76.2 Å². The Hall–Kier alpha value is -1.40. The van der Waals surface area contributed by atoms with Crippen LogP contribution in [0.1, 0.15) is 32.0 Å². The SMILES string of the molecule is COCCOCCCNc1cc(=O)[nH]c(C(C)C)n1. The number of methoxy groups -OCH3 is 1. The van der Waals surface area contributed by atoms with E-state index in [1.54, 1.807) is 7.11 Å². The second kappa shape index (κ2) is 8.66. The van der Waals surface area contributed by atoms with Crippen LogP contribution < -0.4 is 10.9 Å². The summed E-state index contributed by atoms with van der Waals surface area (Å²) in [4.78, 5) is 18.5. The number of hydrogen-bond acceptors (Lipinski definition) is 5. The van der Waals surface area contributed by atoms with Crippen molar-refractivity contribution in [3.63, 3.8) is 0 Å². The average molecular weight is 269 g/mol. The smallest absolute Gasteiger partial charge is 0.252 e. The number of anilines is 1. The summed E-state index contributed by atoms with van der Waals surface area (Å²) >= 11 is 0. The van der Waals surface area contributed by atoms with E-state index in [4.69, 9.17) is 9.47 Å². The lowest BCUT2D eigenvalue weighted by atomic mass is 10.2. The molecule has 0 radical (unpaired) electrons. The fourth-order valence-corrected chi connectivity index (χ4v) is 1.48. The van der Waals surface area contributed by atoms with Gasteiger partial charge < -0.3 is 19.8 Å². The van der Waals surface area contributed by atoms with Crippen molar-refractivity contribution in [2.24, 2.45) is 0 Å². The van der Waals surface area contributed by atoms with Gasteiger partial charge in [-0.2, -0.15) is 0 Å². The molecule has 1 aromatic heterocycles. The summed E-state index contributed by atoms with van der Waals surface area (Å²) in [7, 11) is 1.65. The van der Waals surface area contributed by atoms with Crippen molar-refractivity contribution in [1.82, 2.24) is 9.97 Å². The van der Waals surface area contributed by atoms with E-state index in [1.807, 2.05) is 13.8 Å². The maximum atomic E-state index is 11.4. The third kappa shape index (κ3) is 6.35. The van der Waals surface area contributed by atoms with Crippen LogP contribution in [0.25, 0.3) is 0 Å². The molecule has 2 N–H and O–H groups in total. The maximum absolute atomic E-state index is 11.4. The Morgan fingerprint density at radius 1 is 1.37 bits per heavy atom. The van der Waals surface area contributed by atoms with Crippen LogP contribution in [0.2, 0.25) is 0 Å². The highest BCUT2D eigenvalue weighted by atomic mass is 16.5. The normalized spacial score (nSPS) is 10.9. The molecule has 0 amide bonds. The molecule has 1 rings (SSSR count). The third-order valence-corrected chi connectivity index (χ3v) is 2.51. The van der Waals surface area contributed by atoms with E-state index >= 15 is 0 Å². The van der Waals surface area contributed by atoms with Crippen LogP contribution in [0.15, 0.2) is 10.9 Å². The number of aromatic amines is 1. The Bertz CT molecular complexity index is 418. The molecule has 0 atom stereocenters. The number of rotatable bonds is 9. The molecule has 0 unspecified atom stereocenters. The molecule has 0 aliphatic rings. The zero-order valence-electron chi connectivity index (χ0n) is 11.9. The van der Waals surface area contributed by atoms with Gasteiger partial charge in [0.15, 0.2) is 0 Å². The molecule has 1 aromatic rings. The molecule has 0 spiro atoms.